The molecule has 0 spiro atoms. The molecule has 0 bridgehead atoms. The van der Waals surface area contributed by atoms with Gasteiger partial charge in [0.05, 0.1) is 0 Å². The molecule has 0 atom stereocenters. The van der Waals surface area contributed by atoms with Crippen molar-refractivity contribution in [3.05, 3.63) is 35.8 Å². The number of nitrogens with zero attached hydrogens (tertiary/aromatic N) is 3. The van der Waals surface area contributed by atoms with Crippen molar-refractivity contribution in [2.75, 3.05) is 13.1 Å². The molecule has 0 saturated carbocycles. The Kier molecular flexibility index (Phi) is 4.04. The van der Waals surface area contributed by atoms with E-state index in [1.54, 1.807) is 0 Å². The first-order valence-corrected chi connectivity index (χ1v) is 8.25. The average Bonchev–Trinajstić information content (AvgIpc) is 2.88. The Morgan fingerprint density at radius 2 is 2.00 bits per heavy atom. The molecular formula is C18H25N3O2. The van der Waals surface area contributed by atoms with Crippen molar-refractivity contribution in [1.82, 2.24) is 14.3 Å². The topological polar surface area (TPSA) is 46.8 Å². The second-order valence-corrected chi connectivity index (χ2v) is 7.36. The molecule has 5 nitrogen and oxygen atoms in total. The molecule has 0 N–H and O–H groups in total. The predicted molar refractivity (Wildman–Crippen MR) is 89.7 cm³/mol. The van der Waals surface area contributed by atoms with Gasteiger partial charge in [-0.15, -0.1) is 0 Å². The summed E-state index contributed by atoms with van der Waals surface area (Å²) in [5.41, 5.74) is 3.01. The number of carbonyl (C=O) groups is 1. The highest BCUT2D eigenvalue weighted by atomic mass is 16.6. The number of pyridine rings is 1. The summed E-state index contributed by atoms with van der Waals surface area (Å²) in [7, 11) is 0. The molecule has 0 radical (unpaired) electrons. The van der Waals surface area contributed by atoms with E-state index >= 15 is 0 Å². The minimum atomic E-state index is -0.437. The fourth-order valence-electron chi connectivity index (χ4n) is 3.09. The summed E-state index contributed by atoms with van der Waals surface area (Å²) in [6.45, 7) is 9.25. The number of aryl methyl sites for hydroxylation is 1. The Hall–Kier alpha value is -2.04. The van der Waals surface area contributed by atoms with Crippen LogP contribution in [-0.4, -0.2) is 39.1 Å². The molecule has 23 heavy (non-hydrogen) atoms. The van der Waals surface area contributed by atoms with Gasteiger partial charge in [0.1, 0.15) is 11.2 Å². The molecule has 1 amide bonds. The van der Waals surface area contributed by atoms with Gasteiger partial charge in [-0.25, -0.2) is 9.78 Å². The fraction of sp³-hybridized carbons (Fsp3) is 0.556. The molecular weight excluding hydrogens is 290 g/mol. The van der Waals surface area contributed by atoms with Crippen molar-refractivity contribution >= 4 is 11.7 Å². The number of hydrogen-bond donors (Lipinski definition) is 0. The highest BCUT2D eigenvalue weighted by molar-refractivity contribution is 5.68. The zero-order valence-electron chi connectivity index (χ0n) is 14.4. The third-order valence-corrected chi connectivity index (χ3v) is 4.26. The first-order chi connectivity index (χ1) is 10.8. The fourth-order valence-corrected chi connectivity index (χ4v) is 3.09. The lowest BCUT2D eigenvalue weighted by Crippen LogP contribution is -2.41. The Labute approximate surface area is 137 Å². The number of imidazole rings is 1. The van der Waals surface area contributed by atoms with Crippen molar-refractivity contribution in [1.29, 1.82) is 0 Å². The summed E-state index contributed by atoms with van der Waals surface area (Å²) in [4.78, 5) is 18.5. The lowest BCUT2D eigenvalue weighted by molar-refractivity contribution is 0.0204. The van der Waals surface area contributed by atoms with Crippen molar-refractivity contribution < 1.29 is 9.53 Å². The minimum absolute atomic E-state index is 0.204. The normalized spacial score (nSPS) is 16.8. The molecule has 0 aromatic carbocycles. The average molecular weight is 315 g/mol. The van der Waals surface area contributed by atoms with Crippen LogP contribution >= 0.6 is 0 Å². The van der Waals surface area contributed by atoms with Crippen molar-refractivity contribution in [2.45, 2.75) is 52.1 Å². The monoisotopic (exact) mass is 315 g/mol. The van der Waals surface area contributed by atoms with Gasteiger partial charge in [0.15, 0.2) is 0 Å². The van der Waals surface area contributed by atoms with Crippen LogP contribution in [0, 0.1) is 6.92 Å². The van der Waals surface area contributed by atoms with Gasteiger partial charge in [-0.05, 0) is 58.2 Å². The molecule has 1 saturated heterocycles. The van der Waals surface area contributed by atoms with E-state index in [-0.39, 0.29) is 6.09 Å². The Balaban J connectivity index is 1.67. The van der Waals surface area contributed by atoms with Crippen molar-refractivity contribution in [3.8, 4) is 0 Å². The zero-order chi connectivity index (χ0) is 16.6. The number of aromatic nitrogens is 2. The van der Waals surface area contributed by atoms with Crippen LogP contribution in [0.4, 0.5) is 4.79 Å². The van der Waals surface area contributed by atoms with E-state index in [9.17, 15) is 4.79 Å². The van der Waals surface area contributed by atoms with Crippen LogP contribution in [0.25, 0.3) is 5.65 Å². The van der Waals surface area contributed by atoms with Crippen LogP contribution < -0.4 is 0 Å². The maximum absolute atomic E-state index is 12.1. The number of amides is 1. The molecule has 0 aliphatic carbocycles. The number of hydrogen-bond acceptors (Lipinski definition) is 3. The van der Waals surface area contributed by atoms with Gasteiger partial charge in [0.25, 0.3) is 0 Å². The number of piperidine rings is 1. The molecule has 1 aliphatic heterocycles. The van der Waals surface area contributed by atoms with Crippen molar-refractivity contribution in [2.24, 2.45) is 0 Å². The molecule has 1 fully saturated rings. The second-order valence-electron chi connectivity index (χ2n) is 7.36. The molecule has 2 aromatic rings. The van der Waals surface area contributed by atoms with E-state index in [1.807, 2.05) is 31.9 Å². The Bertz CT molecular complexity index is 707. The third-order valence-electron chi connectivity index (χ3n) is 4.26. The number of ether oxygens (including phenoxy) is 1. The van der Waals surface area contributed by atoms with Crippen LogP contribution in [0.5, 0.6) is 0 Å². The summed E-state index contributed by atoms with van der Waals surface area (Å²) in [6.07, 6.45) is 5.75. The Morgan fingerprint density at radius 3 is 2.65 bits per heavy atom. The van der Waals surface area contributed by atoms with Gasteiger partial charge in [0, 0.05) is 37.1 Å². The number of carbonyl (C=O) groups excluding carboxylic acids is 1. The molecule has 2 aromatic heterocycles. The summed E-state index contributed by atoms with van der Waals surface area (Å²) < 4.78 is 7.62. The van der Waals surface area contributed by atoms with E-state index in [0.29, 0.717) is 5.92 Å². The standard InChI is InChI=1S/C18H25N3O2/c1-13-5-10-21-15(12-19-16(21)11-13)14-6-8-20(9-7-14)17(22)23-18(2,3)4/h5,10-12,14H,6-9H2,1-4H3. The van der Waals surface area contributed by atoms with Gasteiger partial charge < -0.3 is 14.0 Å². The molecule has 0 unspecified atom stereocenters. The lowest BCUT2D eigenvalue weighted by atomic mass is 9.94. The highest BCUT2D eigenvalue weighted by Gasteiger charge is 2.28. The largest absolute Gasteiger partial charge is 0.444 e. The maximum Gasteiger partial charge on any atom is 0.410 e. The molecule has 3 heterocycles. The quantitative estimate of drug-likeness (QED) is 0.805. The minimum Gasteiger partial charge on any atom is -0.444 e. The lowest BCUT2D eigenvalue weighted by Gasteiger charge is -2.33. The van der Waals surface area contributed by atoms with Gasteiger partial charge in [-0.2, -0.15) is 0 Å². The van der Waals surface area contributed by atoms with Crippen molar-refractivity contribution in [3.63, 3.8) is 0 Å². The van der Waals surface area contributed by atoms with E-state index in [1.165, 1.54) is 11.3 Å². The summed E-state index contributed by atoms with van der Waals surface area (Å²) in [6, 6.07) is 4.20. The third kappa shape index (κ3) is 3.49. The summed E-state index contributed by atoms with van der Waals surface area (Å²) in [5, 5.41) is 0. The van der Waals surface area contributed by atoms with Gasteiger partial charge in [0.2, 0.25) is 0 Å². The predicted octanol–water partition coefficient (Wildman–Crippen LogP) is 3.76. The summed E-state index contributed by atoms with van der Waals surface area (Å²) in [5.74, 6) is 0.436. The van der Waals surface area contributed by atoms with Crippen LogP contribution in [0.3, 0.4) is 0 Å². The number of fused-ring (bicyclic) bond motifs is 1. The van der Waals surface area contributed by atoms with Crippen LogP contribution in [0.15, 0.2) is 24.5 Å². The zero-order valence-corrected chi connectivity index (χ0v) is 14.4. The second kappa shape index (κ2) is 5.87. The number of likely N-dealkylation sites (tertiary alicyclic amines) is 1. The van der Waals surface area contributed by atoms with Crippen LogP contribution in [0.2, 0.25) is 0 Å². The van der Waals surface area contributed by atoms with Crippen LogP contribution in [0.1, 0.15) is 50.8 Å². The van der Waals surface area contributed by atoms with Crippen LogP contribution in [-0.2, 0) is 4.74 Å². The first-order valence-electron chi connectivity index (χ1n) is 8.25. The number of rotatable bonds is 1. The van der Waals surface area contributed by atoms with Gasteiger partial charge >= 0.3 is 6.09 Å². The van der Waals surface area contributed by atoms with E-state index in [2.05, 4.69) is 34.6 Å². The molecule has 5 heteroatoms. The van der Waals surface area contributed by atoms with Gasteiger partial charge in [-0.3, -0.25) is 0 Å². The SMILES string of the molecule is Cc1ccn2c(C3CCN(C(=O)OC(C)(C)C)CC3)cnc2c1. The smallest absolute Gasteiger partial charge is 0.410 e. The maximum atomic E-state index is 12.1. The van der Waals surface area contributed by atoms with Gasteiger partial charge in [-0.1, -0.05) is 0 Å². The first kappa shape index (κ1) is 15.8. The molecule has 3 rings (SSSR count). The van der Waals surface area contributed by atoms with E-state index in [4.69, 9.17) is 4.74 Å². The molecule has 124 valence electrons. The molecule has 1 aliphatic rings. The Morgan fingerprint density at radius 1 is 1.30 bits per heavy atom. The summed E-state index contributed by atoms with van der Waals surface area (Å²) >= 11 is 0. The van der Waals surface area contributed by atoms with E-state index in [0.717, 1.165) is 31.6 Å². The van der Waals surface area contributed by atoms with E-state index < -0.39 is 5.60 Å². The highest BCUT2D eigenvalue weighted by Crippen LogP contribution is 2.29.